The summed E-state index contributed by atoms with van der Waals surface area (Å²) in [7, 11) is 1.75. The molecule has 2 N–H and O–H groups in total. The predicted molar refractivity (Wildman–Crippen MR) is 119 cm³/mol. The summed E-state index contributed by atoms with van der Waals surface area (Å²) in [5, 5.41) is 11.0. The van der Waals surface area contributed by atoms with Crippen LogP contribution in [-0.4, -0.2) is 38.5 Å². The summed E-state index contributed by atoms with van der Waals surface area (Å²) in [6.45, 7) is 4.06. The molecule has 2 amide bonds. The zero-order valence-electron chi connectivity index (χ0n) is 17.3. The minimum Gasteiger partial charge on any atom is -0.465 e. The van der Waals surface area contributed by atoms with Gasteiger partial charge in [-0.3, -0.25) is 14.5 Å². The van der Waals surface area contributed by atoms with Crippen molar-refractivity contribution in [2.24, 2.45) is 0 Å². The lowest BCUT2D eigenvalue weighted by atomic mass is 10.1. The number of imidazole rings is 1. The summed E-state index contributed by atoms with van der Waals surface area (Å²) in [4.78, 5) is 34.0. The Hall–Kier alpha value is -4.20. The molecular formula is C23H21N5O3. The number of carbonyl (C=O) groups excluding carboxylic acids is 1. The van der Waals surface area contributed by atoms with E-state index in [-0.39, 0.29) is 11.7 Å². The molecule has 8 nitrogen and oxygen atoms in total. The van der Waals surface area contributed by atoms with E-state index in [4.69, 9.17) is 5.11 Å². The van der Waals surface area contributed by atoms with E-state index in [2.05, 4.69) is 15.3 Å². The third-order valence-electron chi connectivity index (χ3n) is 5.23. The number of aryl methyl sites for hydroxylation is 2. The molecule has 4 rings (SSSR count). The van der Waals surface area contributed by atoms with Crippen molar-refractivity contribution in [1.82, 2.24) is 14.4 Å². The van der Waals surface area contributed by atoms with Gasteiger partial charge >= 0.3 is 6.09 Å². The van der Waals surface area contributed by atoms with Crippen LogP contribution in [0.3, 0.4) is 0 Å². The van der Waals surface area contributed by atoms with Gasteiger partial charge in [-0.05, 0) is 61.4 Å². The number of hydrogen-bond donors (Lipinski definition) is 2. The van der Waals surface area contributed by atoms with Crippen LogP contribution in [0.5, 0.6) is 0 Å². The smallest absolute Gasteiger partial charge is 0.410 e. The Kier molecular flexibility index (Phi) is 5.12. The summed E-state index contributed by atoms with van der Waals surface area (Å²) >= 11 is 0. The first kappa shape index (κ1) is 20.1. The fraction of sp³-hybridized carbons (Fsp3) is 0.130. The van der Waals surface area contributed by atoms with E-state index < -0.39 is 6.09 Å². The van der Waals surface area contributed by atoms with Crippen LogP contribution < -0.4 is 10.2 Å². The molecule has 0 radical (unpaired) electrons. The second-order valence-corrected chi connectivity index (χ2v) is 7.28. The number of amides is 2. The third kappa shape index (κ3) is 3.95. The molecule has 156 valence electrons. The molecule has 31 heavy (non-hydrogen) atoms. The fourth-order valence-corrected chi connectivity index (χ4v) is 3.29. The van der Waals surface area contributed by atoms with Crippen LogP contribution in [0, 0.1) is 13.8 Å². The van der Waals surface area contributed by atoms with Crippen molar-refractivity contribution in [2.75, 3.05) is 17.3 Å². The lowest BCUT2D eigenvalue weighted by Crippen LogP contribution is -2.26. The molecule has 0 saturated heterocycles. The summed E-state index contributed by atoms with van der Waals surface area (Å²) < 4.78 is 1.82. The van der Waals surface area contributed by atoms with E-state index in [0.717, 1.165) is 22.5 Å². The van der Waals surface area contributed by atoms with Crippen LogP contribution in [0.4, 0.5) is 16.3 Å². The minimum absolute atomic E-state index is 0.135. The number of benzene rings is 1. The number of hydrogen-bond acceptors (Lipinski definition) is 4. The van der Waals surface area contributed by atoms with E-state index in [1.165, 1.54) is 5.56 Å². The van der Waals surface area contributed by atoms with Crippen LogP contribution in [0.1, 0.15) is 21.5 Å². The molecule has 0 atom stereocenters. The molecule has 3 heterocycles. The Labute approximate surface area is 178 Å². The molecule has 0 aliphatic heterocycles. The largest absolute Gasteiger partial charge is 0.465 e. The number of nitrogens with zero attached hydrogens (tertiary/aromatic N) is 4. The number of anilines is 2. The first-order valence-corrected chi connectivity index (χ1v) is 9.62. The maximum absolute atomic E-state index is 13.1. The first-order chi connectivity index (χ1) is 14.8. The lowest BCUT2D eigenvalue weighted by molar-refractivity contribution is 0.0992. The summed E-state index contributed by atoms with van der Waals surface area (Å²) in [6, 6.07) is 12.8. The van der Waals surface area contributed by atoms with Crippen molar-refractivity contribution in [3.05, 3.63) is 77.7 Å². The molecule has 0 aliphatic carbocycles. The molecule has 0 fully saturated rings. The minimum atomic E-state index is -1.17. The Morgan fingerprint density at radius 1 is 1.00 bits per heavy atom. The van der Waals surface area contributed by atoms with Gasteiger partial charge in [-0.15, -0.1) is 0 Å². The van der Waals surface area contributed by atoms with Gasteiger partial charge in [-0.1, -0.05) is 6.07 Å². The Morgan fingerprint density at radius 2 is 1.81 bits per heavy atom. The number of carboxylic acid groups (broad SMARTS) is 1. The van der Waals surface area contributed by atoms with Crippen molar-refractivity contribution in [1.29, 1.82) is 0 Å². The lowest BCUT2D eigenvalue weighted by Gasteiger charge is -2.19. The average molecular weight is 415 g/mol. The zero-order valence-corrected chi connectivity index (χ0v) is 17.3. The van der Waals surface area contributed by atoms with Crippen LogP contribution >= 0.6 is 0 Å². The highest BCUT2D eigenvalue weighted by Gasteiger charge is 2.16. The van der Waals surface area contributed by atoms with Crippen molar-refractivity contribution in [2.45, 2.75) is 13.8 Å². The van der Waals surface area contributed by atoms with Gasteiger partial charge in [0.15, 0.2) is 0 Å². The summed E-state index contributed by atoms with van der Waals surface area (Å²) in [5.41, 5.74) is 5.82. The number of aromatic nitrogens is 3. The van der Waals surface area contributed by atoms with Gasteiger partial charge in [-0.2, -0.15) is 0 Å². The van der Waals surface area contributed by atoms with Crippen LogP contribution in [-0.2, 0) is 0 Å². The number of carbonyl (C=O) groups is 2. The average Bonchev–Trinajstić information content (AvgIpc) is 3.18. The maximum Gasteiger partial charge on any atom is 0.410 e. The number of fused-ring (bicyclic) bond motifs is 1. The Balaban J connectivity index is 1.67. The van der Waals surface area contributed by atoms with E-state index in [9.17, 15) is 9.59 Å². The monoisotopic (exact) mass is 415 g/mol. The zero-order chi connectivity index (χ0) is 22.1. The van der Waals surface area contributed by atoms with Gasteiger partial charge in [0.25, 0.3) is 5.91 Å². The van der Waals surface area contributed by atoms with Crippen LogP contribution in [0.25, 0.3) is 16.9 Å². The second-order valence-electron chi connectivity index (χ2n) is 7.28. The number of rotatable bonds is 4. The van der Waals surface area contributed by atoms with Crippen LogP contribution in [0.2, 0.25) is 0 Å². The molecule has 4 aromatic rings. The Bertz CT molecular complexity index is 1290. The maximum atomic E-state index is 13.1. The van der Waals surface area contributed by atoms with Crippen molar-refractivity contribution >= 4 is 29.2 Å². The molecule has 3 aromatic heterocycles. The highest BCUT2D eigenvalue weighted by Crippen LogP contribution is 2.24. The molecule has 0 unspecified atom stereocenters. The van der Waals surface area contributed by atoms with Gasteiger partial charge in [0.1, 0.15) is 11.5 Å². The molecule has 0 saturated carbocycles. The quantitative estimate of drug-likeness (QED) is 0.515. The van der Waals surface area contributed by atoms with Gasteiger partial charge in [-0.25, -0.2) is 14.8 Å². The van der Waals surface area contributed by atoms with Crippen molar-refractivity contribution in [3.8, 4) is 11.3 Å². The molecule has 0 spiro atoms. The van der Waals surface area contributed by atoms with Crippen LogP contribution in [0.15, 0.2) is 61.1 Å². The van der Waals surface area contributed by atoms with Gasteiger partial charge < -0.3 is 10.0 Å². The van der Waals surface area contributed by atoms with Gasteiger partial charge in [0, 0.05) is 30.7 Å². The molecule has 8 heteroatoms. The Morgan fingerprint density at radius 3 is 2.48 bits per heavy atom. The number of pyridine rings is 2. The topological polar surface area (TPSA) is 99.8 Å². The second kappa shape index (κ2) is 7.91. The van der Waals surface area contributed by atoms with E-state index in [1.807, 2.05) is 36.4 Å². The summed E-state index contributed by atoms with van der Waals surface area (Å²) in [5.74, 6) is 0.0971. The fourth-order valence-electron chi connectivity index (χ4n) is 3.29. The normalized spacial score (nSPS) is 10.8. The van der Waals surface area contributed by atoms with Gasteiger partial charge in [0.2, 0.25) is 0 Å². The predicted octanol–water partition coefficient (Wildman–Crippen LogP) is 4.38. The molecular weight excluding hydrogens is 394 g/mol. The van der Waals surface area contributed by atoms with E-state index in [1.54, 1.807) is 54.8 Å². The van der Waals surface area contributed by atoms with Gasteiger partial charge in [0.05, 0.1) is 17.5 Å². The molecule has 0 aliphatic rings. The summed E-state index contributed by atoms with van der Waals surface area (Å²) in [6.07, 6.45) is 3.83. The van der Waals surface area contributed by atoms with E-state index in [0.29, 0.717) is 11.2 Å². The highest BCUT2D eigenvalue weighted by atomic mass is 16.4. The first-order valence-electron chi connectivity index (χ1n) is 9.62. The van der Waals surface area contributed by atoms with Crippen molar-refractivity contribution < 1.29 is 14.7 Å². The SMILES string of the molecule is Cc1ccc(N(C)C(=O)c2ccc3ncc(-c4ccc(NC(=O)O)nc4)n3c2)cc1C. The highest BCUT2D eigenvalue weighted by molar-refractivity contribution is 6.05. The standard InChI is InChI=1S/C23H21N5O3/c1-14-4-7-18(10-15(14)2)27(3)22(29)17-6-9-21-25-12-19(28(21)13-17)16-5-8-20(24-11-16)26-23(30)31/h4-13H,1-3H3,(H,24,26)(H,30,31). The molecule has 1 aromatic carbocycles. The number of nitrogens with one attached hydrogen (secondary N) is 1. The van der Waals surface area contributed by atoms with E-state index >= 15 is 0 Å². The van der Waals surface area contributed by atoms with Crippen molar-refractivity contribution in [3.63, 3.8) is 0 Å². The third-order valence-corrected chi connectivity index (χ3v) is 5.23. The molecule has 0 bridgehead atoms.